The molecule has 0 radical (unpaired) electrons. The Morgan fingerprint density at radius 3 is 3.10 bits per heavy atom. The maximum Gasteiger partial charge on any atom is 0.224 e. The first kappa shape index (κ1) is 15.3. The zero-order valence-electron chi connectivity index (χ0n) is 11.6. The van der Waals surface area contributed by atoms with Crippen molar-refractivity contribution in [3.05, 3.63) is 29.0 Å². The highest BCUT2D eigenvalue weighted by molar-refractivity contribution is 6.33. The Morgan fingerprint density at radius 1 is 1.60 bits per heavy atom. The van der Waals surface area contributed by atoms with E-state index < -0.39 is 5.82 Å². The molecule has 1 amide bonds. The van der Waals surface area contributed by atoms with Crippen molar-refractivity contribution in [1.82, 2.24) is 5.32 Å². The number of hydrogen-bond donors (Lipinski definition) is 2. The van der Waals surface area contributed by atoms with Crippen molar-refractivity contribution in [3.63, 3.8) is 0 Å². The standard InChI is InChI=1S/C15H20ClFN2O/c1-10(11-3-2-6-18-9-11)7-15(20)19-14-8-12(17)4-5-13(14)16/h4-5,8,10-11,18H,2-3,6-7,9H2,1H3,(H,19,20). The van der Waals surface area contributed by atoms with Crippen molar-refractivity contribution in [2.45, 2.75) is 26.2 Å². The molecular weight excluding hydrogens is 279 g/mol. The van der Waals surface area contributed by atoms with Crippen LogP contribution in [0.2, 0.25) is 5.02 Å². The number of piperidine rings is 1. The number of carbonyl (C=O) groups excluding carboxylic acids is 1. The van der Waals surface area contributed by atoms with Gasteiger partial charge in [0, 0.05) is 6.42 Å². The molecule has 0 aromatic heterocycles. The molecule has 0 bridgehead atoms. The van der Waals surface area contributed by atoms with Crippen LogP contribution in [0, 0.1) is 17.7 Å². The zero-order chi connectivity index (χ0) is 14.5. The third kappa shape index (κ3) is 4.18. The van der Waals surface area contributed by atoms with Crippen molar-refractivity contribution in [3.8, 4) is 0 Å². The Morgan fingerprint density at radius 2 is 2.40 bits per heavy atom. The first-order valence-electron chi connectivity index (χ1n) is 7.02. The Hall–Kier alpha value is -1.13. The maximum absolute atomic E-state index is 13.1. The number of carbonyl (C=O) groups is 1. The summed E-state index contributed by atoms with van der Waals surface area (Å²) >= 11 is 5.93. The van der Waals surface area contributed by atoms with E-state index in [4.69, 9.17) is 11.6 Å². The first-order valence-corrected chi connectivity index (χ1v) is 7.39. The molecule has 2 atom stereocenters. The van der Waals surface area contributed by atoms with Crippen LogP contribution in [-0.4, -0.2) is 19.0 Å². The highest BCUT2D eigenvalue weighted by Gasteiger charge is 2.22. The molecule has 1 aromatic rings. The highest BCUT2D eigenvalue weighted by atomic mass is 35.5. The second kappa shape index (κ2) is 7.04. The molecule has 5 heteroatoms. The summed E-state index contributed by atoms with van der Waals surface area (Å²) in [5, 5.41) is 6.40. The fourth-order valence-electron chi connectivity index (χ4n) is 2.62. The summed E-state index contributed by atoms with van der Waals surface area (Å²) in [7, 11) is 0. The van der Waals surface area contributed by atoms with Gasteiger partial charge in [0.05, 0.1) is 10.7 Å². The first-order chi connectivity index (χ1) is 9.56. The smallest absolute Gasteiger partial charge is 0.224 e. The van der Waals surface area contributed by atoms with Gasteiger partial charge in [-0.3, -0.25) is 4.79 Å². The molecule has 3 nitrogen and oxygen atoms in total. The minimum Gasteiger partial charge on any atom is -0.325 e. The maximum atomic E-state index is 13.1. The Kier molecular flexibility index (Phi) is 5.38. The lowest BCUT2D eigenvalue weighted by Crippen LogP contribution is -2.34. The average Bonchev–Trinajstić information content (AvgIpc) is 2.43. The Bertz CT molecular complexity index is 475. The van der Waals surface area contributed by atoms with Gasteiger partial charge in [-0.25, -0.2) is 4.39 Å². The molecule has 20 heavy (non-hydrogen) atoms. The van der Waals surface area contributed by atoms with Gasteiger partial charge in [-0.2, -0.15) is 0 Å². The lowest BCUT2D eigenvalue weighted by molar-refractivity contribution is -0.117. The summed E-state index contributed by atoms with van der Waals surface area (Å²) in [6, 6.07) is 3.96. The van der Waals surface area contributed by atoms with E-state index in [2.05, 4.69) is 17.6 Å². The number of anilines is 1. The van der Waals surface area contributed by atoms with Crippen molar-refractivity contribution in [1.29, 1.82) is 0 Å². The quantitative estimate of drug-likeness (QED) is 0.894. The molecule has 1 heterocycles. The number of amides is 1. The van der Waals surface area contributed by atoms with Crippen LogP contribution < -0.4 is 10.6 Å². The van der Waals surface area contributed by atoms with Crippen LogP contribution >= 0.6 is 11.6 Å². The fraction of sp³-hybridized carbons (Fsp3) is 0.533. The molecule has 1 fully saturated rings. The van der Waals surface area contributed by atoms with Crippen LogP contribution in [0.25, 0.3) is 0 Å². The van der Waals surface area contributed by atoms with E-state index >= 15 is 0 Å². The normalized spacial score (nSPS) is 20.4. The predicted octanol–water partition coefficient (Wildman–Crippen LogP) is 3.44. The van der Waals surface area contributed by atoms with Gasteiger partial charge in [0.2, 0.25) is 5.91 Å². The number of rotatable bonds is 4. The Balaban J connectivity index is 1.89. The second-order valence-electron chi connectivity index (χ2n) is 5.46. The highest BCUT2D eigenvalue weighted by Crippen LogP contribution is 2.25. The SMILES string of the molecule is CC(CC(=O)Nc1cc(F)ccc1Cl)C1CCCNC1. The molecule has 1 aliphatic heterocycles. The fourth-order valence-corrected chi connectivity index (χ4v) is 2.78. The van der Waals surface area contributed by atoms with Crippen LogP contribution in [0.5, 0.6) is 0 Å². The topological polar surface area (TPSA) is 41.1 Å². The van der Waals surface area contributed by atoms with Gasteiger partial charge in [-0.15, -0.1) is 0 Å². The molecule has 110 valence electrons. The van der Waals surface area contributed by atoms with Gasteiger partial charge >= 0.3 is 0 Å². The monoisotopic (exact) mass is 298 g/mol. The number of benzene rings is 1. The predicted molar refractivity (Wildman–Crippen MR) is 79.4 cm³/mol. The minimum absolute atomic E-state index is 0.115. The van der Waals surface area contributed by atoms with Crippen LogP contribution in [0.4, 0.5) is 10.1 Å². The number of nitrogens with one attached hydrogen (secondary N) is 2. The van der Waals surface area contributed by atoms with E-state index in [1.165, 1.54) is 18.2 Å². The van der Waals surface area contributed by atoms with Gasteiger partial charge in [0.25, 0.3) is 0 Å². The molecule has 1 aliphatic rings. The van der Waals surface area contributed by atoms with Gasteiger partial charge in [0.15, 0.2) is 0 Å². The van der Waals surface area contributed by atoms with Crippen molar-refractivity contribution in [2.24, 2.45) is 11.8 Å². The van der Waals surface area contributed by atoms with Gasteiger partial charge < -0.3 is 10.6 Å². The van der Waals surface area contributed by atoms with E-state index in [-0.39, 0.29) is 5.91 Å². The van der Waals surface area contributed by atoms with Gasteiger partial charge in [-0.05, 0) is 56.0 Å². The molecule has 0 aliphatic carbocycles. The largest absolute Gasteiger partial charge is 0.325 e. The lowest BCUT2D eigenvalue weighted by atomic mass is 9.85. The molecule has 2 unspecified atom stereocenters. The van der Waals surface area contributed by atoms with E-state index in [0.29, 0.717) is 29.0 Å². The summed E-state index contributed by atoms with van der Waals surface area (Å²) < 4.78 is 13.1. The van der Waals surface area contributed by atoms with Gasteiger partial charge in [0.1, 0.15) is 5.82 Å². The Labute approximate surface area is 123 Å². The second-order valence-corrected chi connectivity index (χ2v) is 5.87. The van der Waals surface area contributed by atoms with Crippen LogP contribution in [0.1, 0.15) is 26.2 Å². The van der Waals surface area contributed by atoms with E-state index in [1.807, 2.05) is 0 Å². The molecule has 0 saturated carbocycles. The van der Waals surface area contributed by atoms with Crippen LogP contribution in [-0.2, 0) is 4.79 Å². The summed E-state index contributed by atoms with van der Waals surface area (Å²) in [5.41, 5.74) is 0.339. The third-order valence-electron chi connectivity index (χ3n) is 3.85. The summed E-state index contributed by atoms with van der Waals surface area (Å²) in [5.74, 6) is 0.303. The third-order valence-corrected chi connectivity index (χ3v) is 4.18. The number of halogens is 2. The number of hydrogen-bond acceptors (Lipinski definition) is 2. The van der Waals surface area contributed by atoms with Crippen molar-refractivity contribution in [2.75, 3.05) is 18.4 Å². The minimum atomic E-state index is -0.408. The molecule has 2 N–H and O–H groups in total. The van der Waals surface area contributed by atoms with Crippen molar-refractivity contribution < 1.29 is 9.18 Å². The van der Waals surface area contributed by atoms with Crippen LogP contribution in [0.15, 0.2) is 18.2 Å². The average molecular weight is 299 g/mol. The summed E-state index contributed by atoms with van der Waals surface area (Å²) in [6.45, 7) is 4.12. The van der Waals surface area contributed by atoms with E-state index in [0.717, 1.165) is 25.9 Å². The van der Waals surface area contributed by atoms with Gasteiger partial charge in [-0.1, -0.05) is 18.5 Å². The van der Waals surface area contributed by atoms with Crippen molar-refractivity contribution >= 4 is 23.2 Å². The van der Waals surface area contributed by atoms with Crippen LogP contribution in [0.3, 0.4) is 0 Å². The molecule has 1 aromatic carbocycles. The summed E-state index contributed by atoms with van der Waals surface area (Å²) in [4.78, 5) is 12.0. The molecule has 1 saturated heterocycles. The zero-order valence-corrected chi connectivity index (χ0v) is 12.3. The molecule has 0 spiro atoms. The summed E-state index contributed by atoms with van der Waals surface area (Å²) in [6.07, 6.45) is 2.74. The molecule has 2 rings (SSSR count). The van der Waals surface area contributed by atoms with E-state index in [9.17, 15) is 9.18 Å². The molecular formula is C15H20ClFN2O. The lowest BCUT2D eigenvalue weighted by Gasteiger charge is -2.28. The van der Waals surface area contributed by atoms with E-state index in [1.54, 1.807) is 0 Å².